The summed E-state index contributed by atoms with van der Waals surface area (Å²) in [5, 5.41) is -0.164. The van der Waals surface area contributed by atoms with E-state index in [1.807, 2.05) is 6.92 Å². The molecule has 0 aliphatic heterocycles. The average Bonchev–Trinajstić information content (AvgIpc) is 2.12. The molecule has 0 aromatic rings. The van der Waals surface area contributed by atoms with Gasteiger partial charge < -0.3 is 0 Å². The van der Waals surface area contributed by atoms with Gasteiger partial charge in [-0.1, -0.05) is 27.7 Å². The van der Waals surface area contributed by atoms with Crippen LogP contribution in [0.15, 0.2) is 0 Å². The summed E-state index contributed by atoms with van der Waals surface area (Å²) in [5.74, 6) is 0.601. The third kappa shape index (κ3) is 3.62. The SMILES string of the molecule is CCN(CC)C(C(=O)C(C)S)C(C)C. The van der Waals surface area contributed by atoms with Crippen molar-refractivity contribution in [2.75, 3.05) is 13.1 Å². The fraction of sp³-hybridized carbons (Fsp3) is 0.909. The first-order chi connectivity index (χ1) is 6.45. The molecular formula is C11H23NOS. The molecule has 0 bridgehead atoms. The standard InChI is InChI=1S/C11H23NOS/c1-6-12(7-2)10(8(3)4)11(13)9(5)14/h8-10,14H,6-7H2,1-5H3. The van der Waals surface area contributed by atoms with Crippen molar-refractivity contribution in [2.45, 2.75) is 45.9 Å². The Hall–Kier alpha value is -0.0200. The highest BCUT2D eigenvalue weighted by Crippen LogP contribution is 2.15. The topological polar surface area (TPSA) is 20.3 Å². The van der Waals surface area contributed by atoms with Crippen molar-refractivity contribution in [3.8, 4) is 0 Å². The minimum Gasteiger partial charge on any atom is -0.297 e. The molecule has 3 heteroatoms. The van der Waals surface area contributed by atoms with Crippen molar-refractivity contribution in [1.29, 1.82) is 0 Å². The van der Waals surface area contributed by atoms with Crippen LogP contribution in [-0.4, -0.2) is 35.1 Å². The van der Waals surface area contributed by atoms with Gasteiger partial charge in [-0.05, 0) is 25.9 Å². The number of carbonyl (C=O) groups is 1. The lowest BCUT2D eigenvalue weighted by Gasteiger charge is -2.32. The summed E-state index contributed by atoms with van der Waals surface area (Å²) in [6.45, 7) is 12.1. The Morgan fingerprint density at radius 1 is 1.21 bits per heavy atom. The van der Waals surface area contributed by atoms with Crippen molar-refractivity contribution in [3.63, 3.8) is 0 Å². The monoisotopic (exact) mass is 217 g/mol. The van der Waals surface area contributed by atoms with Gasteiger partial charge >= 0.3 is 0 Å². The fourth-order valence-electron chi connectivity index (χ4n) is 1.79. The molecule has 0 aliphatic carbocycles. The first kappa shape index (κ1) is 14.0. The average molecular weight is 217 g/mol. The number of hydrogen-bond donors (Lipinski definition) is 1. The van der Waals surface area contributed by atoms with E-state index in [2.05, 4.69) is 45.2 Å². The van der Waals surface area contributed by atoms with Gasteiger partial charge in [-0.25, -0.2) is 0 Å². The Bertz CT molecular complexity index is 176. The summed E-state index contributed by atoms with van der Waals surface area (Å²) in [4.78, 5) is 14.1. The van der Waals surface area contributed by atoms with Gasteiger partial charge in [0.15, 0.2) is 5.78 Å². The normalized spacial score (nSPS) is 16.0. The molecule has 0 saturated carbocycles. The molecular weight excluding hydrogens is 194 g/mol. The number of rotatable bonds is 6. The molecule has 2 atom stereocenters. The molecule has 0 fully saturated rings. The second-order valence-corrected chi connectivity index (χ2v) is 4.76. The molecule has 0 saturated heterocycles. The summed E-state index contributed by atoms with van der Waals surface area (Å²) in [6.07, 6.45) is 0. The zero-order valence-electron chi connectivity index (χ0n) is 9.95. The number of hydrogen-bond acceptors (Lipinski definition) is 3. The van der Waals surface area contributed by atoms with Crippen LogP contribution < -0.4 is 0 Å². The minimum absolute atomic E-state index is 0.0255. The van der Waals surface area contributed by atoms with Crippen molar-refractivity contribution in [1.82, 2.24) is 4.90 Å². The Balaban J connectivity index is 4.66. The molecule has 0 radical (unpaired) electrons. The Kier molecular flexibility index (Phi) is 6.45. The van der Waals surface area contributed by atoms with Crippen molar-refractivity contribution in [3.05, 3.63) is 0 Å². The Morgan fingerprint density at radius 3 is 1.86 bits per heavy atom. The molecule has 0 amide bonds. The van der Waals surface area contributed by atoms with E-state index in [1.165, 1.54) is 0 Å². The number of thiol groups is 1. The molecule has 0 aromatic heterocycles. The first-order valence-corrected chi connectivity index (χ1v) is 5.93. The molecule has 0 spiro atoms. The van der Waals surface area contributed by atoms with Crippen LogP contribution in [-0.2, 0) is 4.79 Å². The molecule has 2 nitrogen and oxygen atoms in total. The summed E-state index contributed by atoms with van der Waals surface area (Å²) in [6, 6.07) is 0.0255. The first-order valence-electron chi connectivity index (χ1n) is 5.41. The second-order valence-electron chi connectivity index (χ2n) is 3.99. The smallest absolute Gasteiger partial charge is 0.162 e. The van der Waals surface area contributed by atoms with E-state index >= 15 is 0 Å². The third-order valence-electron chi connectivity index (χ3n) is 2.54. The van der Waals surface area contributed by atoms with Crippen molar-refractivity contribution in [2.24, 2.45) is 5.92 Å². The lowest BCUT2D eigenvalue weighted by Crippen LogP contribution is -2.47. The minimum atomic E-state index is -0.164. The van der Waals surface area contributed by atoms with Crippen LogP contribution in [0.25, 0.3) is 0 Å². The number of Topliss-reactive ketones (excluding diaryl/α,β-unsaturated/α-hetero) is 1. The van der Waals surface area contributed by atoms with Gasteiger partial charge in [0.05, 0.1) is 11.3 Å². The van der Waals surface area contributed by atoms with Gasteiger partial charge in [0.2, 0.25) is 0 Å². The molecule has 14 heavy (non-hydrogen) atoms. The number of likely N-dealkylation sites (N-methyl/N-ethyl adjacent to an activating group) is 1. The molecule has 84 valence electrons. The van der Waals surface area contributed by atoms with Gasteiger partial charge in [0.1, 0.15) is 0 Å². The highest BCUT2D eigenvalue weighted by atomic mass is 32.1. The van der Waals surface area contributed by atoms with Gasteiger partial charge in [-0.3, -0.25) is 9.69 Å². The molecule has 0 aliphatic rings. The quantitative estimate of drug-likeness (QED) is 0.689. The molecule has 0 rings (SSSR count). The summed E-state index contributed by atoms with van der Waals surface area (Å²) < 4.78 is 0. The number of carbonyl (C=O) groups excluding carboxylic acids is 1. The van der Waals surface area contributed by atoms with Crippen LogP contribution in [0, 0.1) is 5.92 Å². The van der Waals surface area contributed by atoms with E-state index in [0.717, 1.165) is 13.1 Å². The molecule has 2 unspecified atom stereocenters. The van der Waals surface area contributed by atoms with Crippen LogP contribution in [0.4, 0.5) is 0 Å². The van der Waals surface area contributed by atoms with E-state index in [0.29, 0.717) is 5.92 Å². The highest BCUT2D eigenvalue weighted by Gasteiger charge is 2.28. The fourth-order valence-corrected chi connectivity index (χ4v) is 1.95. The van der Waals surface area contributed by atoms with E-state index in [-0.39, 0.29) is 17.1 Å². The Labute approximate surface area is 93.5 Å². The zero-order valence-corrected chi connectivity index (χ0v) is 10.8. The number of nitrogens with zero attached hydrogens (tertiary/aromatic N) is 1. The predicted octanol–water partition coefficient (Wildman–Crippen LogP) is 2.24. The highest BCUT2D eigenvalue weighted by molar-refractivity contribution is 7.81. The second kappa shape index (κ2) is 6.46. The van der Waals surface area contributed by atoms with E-state index in [4.69, 9.17) is 0 Å². The molecule has 0 heterocycles. The van der Waals surface area contributed by atoms with Crippen LogP contribution >= 0.6 is 12.6 Å². The molecule has 0 N–H and O–H groups in total. The lowest BCUT2D eigenvalue weighted by molar-refractivity contribution is -0.124. The maximum Gasteiger partial charge on any atom is 0.162 e. The van der Waals surface area contributed by atoms with Crippen LogP contribution in [0.3, 0.4) is 0 Å². The van der Waals surface area contributed by atoms with Gasteiger partial charge in [-0.2, -0.15) is 12.6 Å². The van der Waals surface area contributed by atoms with Crippen LogP contribution in [0.2, 0.25) is 0 Å². The van der Waals surface area contributed by atoms with Crippen LogP contribution in [0.5, 0.6) is 0 Å². The maximum absolute atomic E-state index is 11.9. The van der Waals surface area contributed by atoms with Crippen LogP contribution in [0.1, 0.15) is 34.6 Å². The summed E-state index contributed by atoms with van der Waals surface area (Å²) in [7, 11) is 0. The van der Waals surface area contributed by atoms with Gasteiger partial charge in [0.25, 0.3) is 0 Å². The van der Waals surface area contributed by atoms with Crippen molar-refractivity contribution < 1.29 is 4.79 Å². The molecule has 0 aromatic carbocycles. The van der Waals surface area contributed by atoms with Gasteiger partial charge in [-0.15, -0.1) is 0 Å². The lowest BCUT2D eigenvalue weighted by atomic mass is 9.96. The predicted molar refractivity (Wildman–Crippen MR) is 65.0 cm³/mol. The third-order valence-corrected chi connectivity index (χ3v) is 2.79. The number of ketones is 1. The van der Waals surface area contributed by atoms with E-state index in [1.54, 1.807) is 0 Å². The van der Waals surface area contributed by atoms with E-state index in [9.17, 15) is 4.79 Å². The largest absolute Gasteiger partial charge is 0.297 e. The maximum atomic E-state index is 11.9. The van der Waals surface area contributed by atoms with Gasteiger partial charge in [0, 0.05) is 0 Å². The zero-order chi connectivity index (χ0) is 11.3. The summed E-state index contributed by atoms with van der Waals surface area (Å²) in [5.41, 5.74) is 0. The summed E-state index contributed by atoms with van der Waals surface area (Å²) >= 11 is 4.22. The van der Waals surface area contributed by atoms with E-state index < -0.39 is 0 Å². The van der Waals surface area contributed by atoms with Crippen molar-refractivity contribution >= 4 is 18.4 Å². The Morgan fingerprint density at radius 2 is 1.64 bits per heavy atom.